The minimum Gasteiger partial charge on any atom is -0.397 e. The van der Waals surface area contributed by atoms with Crippen LogP contribution in [-0.4, -0.2) is 26.0 Å². The van der Waals surface area contributed by atoms with E-state index in [0.717, 1.165) is 25.1 Å². The van der Waals surface area contributed by atoms with Crippen molar-refractivity contribution < 1.29 is 4.79 Å². The molecule has 1 heterocycles. The number of rotatable bonds is 2. The van der Waals surface area contributed by atoms with Crippen LogP contribution >= 0.6 is 11.6 Å². The molecule has 4 nitrogen and oxygen atoms in total. The van der Waals surface area contributed by atoms with Crippen LogP contribution in [0.15, 0.2) is 18.2 Å². The predicted octanol–water partition coefficient (Wildman–Crippen LogP) is 1.88. The van der Waals surface area contributed by atoms with Crippen LogP contribution in [0.25, 0.3) is 0 Å². The van der Waals surface area contributed by atoms with Gasteiger partial charge in [-0.1, -0.05) is 11.6 Å². The maximum absolute atomic E-state index is 11.7. The van der Waals surface area contributed by atoms with Gasteiger partial charge in [0, 0.05) is 25.2 Å². The van der Waals surface area contributed by atoms with Crippen molar-refractivity contribution in [2.24, 2.45) is 5.92 Å². The highest BCUT2D eigenvalue weighted by Gasteiger charge is 2.26. The zero-order valence-electron chi connectivity index (χ0n) is 10.4. The van der Waals surface area contributed by atoms with Crippen molar-refractivity contribution in [3.63, 3.8) is 0 Å². The maximum Gasteiger partial charge on any atom is 0.224 e. The third kappa shape index (κ3) is 2.70. The fraction of sp³-hybridized carbons (Fsp3) is 0.462. The first-order valence-corrected chi connectivity index (χ1v) is 6.51. The molecule has 18 heavy (non-hydrogen) atoms. The molecule has 1 saturated heterocycles. The van der Waals surface area contributed by atoms with Crippen molar-refractivity contribution in [1.29, 1.82) is 0 Å². The second-order valence-corrected chi connectivity index (χ2v) is 5.04. The molecule has 5 heteroatoms. The summed E-state index contributed by atoms with van der Waals surface area (Å²) in [6, 6.07) is 5.45. The summed E-state index contributed by atoms with van der Waals surface area (Å²) in [5.74, 6) is 0.127. The minimum atomic E-state index is 0.0298. The number of piperidine rings is 1. The van der Waals surface area contributed by atoms with Crippen molar-refractivity contribution in [2.75, 3.05) is 30.8 Å². The van der Waals surface area contributed by atoms with Gasteiger partial charge in [-0.25, -0.2) is 0 Å². The summed E-state index contributed by atoms with van der Waals surface area (Å²) in [4.78, 5) is 13.8. The highest BCUT2D eigenvalue weighted by molar-refractivity contribution is 6.31. The summed E-state index contributed by atoms with van der Waals surface area (Å²) in [6.07, 6.45) is 1.92. The normalized spacial score (nSPS) is 19.7. The van der Waals surface area contributed by atoms with E-state index in [2.05, 4.69) is 10.2 Å². The summed E-state index contributed by atoms with van der Waals surface area (Å²) in [7, 11) is 1.68. The third-order valence-corrected chi connectivity index (χ3v) is 3.61. The monoisotopic (exact) mass is 267 g/mol. The number of benzene rings is 1. The van der Waals surface area contributed by atoms with Gasteiger partial charge in [0.2, 0.25) is 5.91 Å². The Hall–Kier alpha value is -1.42. The van der Waals surface area contributed by atoms with Crippen LogP contribution in [0.5, 0.6) is 0 Å². The van der Waals surface area contributed by atoms with Gasteiger partial charge < -0.3 is 16.0 Å². The Morgan fingerprint density at radius 3 is 3.06 bits per heavy atom. The van der Waals surface area contributed by atoms with Crippen LogP contribution in [0.1, 0.15) is 12.8 Å². The molecule has 2 rings (SSSR count). The first-order valence-electron chi connectivity index (χ1n) is 6.13. The van der Waals surface area contributed by atoms with Crippen LogP contribution in [0, 0.1) is 5.92 Å². The van der Waals surface area contributed by atoms with Crippen molar-refractivity contribution in [1.82, 2.24) is 5.32 Å². The number of carbonyl (C=O) groups excluding carboxylic acids is 1. The van der Waals surface area contributed by atoms with Gasteiger partial charge in [0.05, 0.1) is 17.3 Å². The Morgan fingerprint density at radius 1 is 1.56 bits per heavy atom. The molecule has 0 aliphatic carbocycles. The number of nitrogens with zero attached hydrogens (tertiary/aromatic N) is 1. The summed E-state index contributed by atoms with van der Waals surface area (Å²) >= 11 is 6.00. The van der Waals surface area contributed by atoms with Crippen molar-refractivity contribution in [3.05, 3.63) is 23.2 Å². The van der Waals surface area contributed by atoms with E-state index >= 15 is 0 Å². The zero-order chi connectivity index (χ0) is 13.1. The zero-order valence-corrected chi connectivity index (χ0v) is 11.2. The molecule has 3 N–H and O–H groups in total. The topological polar surface area (TPSA) is 58.4 Å². The molecule has 0 radical (unpaired) electrons. The number of hydrogen-bond donors (Lipinski definition) is 2. The van der Waals surface area contributed by atoms with E-state index < -0.39 is 0 Å². The first-order chi connectivity index (χ1) is 8.61. The molecular weight excluding hydrogens is 250 g/mol. The minimum absolute atomic E-state index is 0.0298. The largest absolute Gasteiger partial charge is 0.397 e. The Kier molecular flexibility index (Phi) is 3.97. The molecule has 1 atom stereocenters. The van der Waals surface area contributed by atoms with Gasteiger partial charge in [0.25, 0.3) is 0 Å². The molecular formula is C13H18ClN3O. The number of hydrogen-bond acceptors (Lipinski definition) is 3. The maximum atomic E-state index is 11.7. The molecule has 1 aromatic rings. The van der Waals surface area contributed by atoms with Gasteiger partial charge in [-0.2, -0.15) is 0 Å². The van der Waals surface area contributed by atoms with Gasteiger partial charge >= 0.3 is 0 Å². The van der Waals surface area contributed by atoms with Crippen LogP contribution in [0.4, 0.5) is 11.4 Å². The average molecular weight is 268 g/mol. The van der Waals surface area contributed by atoms with Crippen LogP contribution in [0.3, 0.4) is 0 Å². The van der Waals surface area contributed by atoms with Gasteiger partial charge in [-0.05, 0) is 31.0 Å². The van der Waals surface area contributed by atoms with E-state index in [4.69, 9.17) is 17.3 Å². The van der Waals surface area contributed by atoms with Crippen molar-refractivity contribution in [2.45, 2.75) is 12.8 Å². The van der Waals surface area contributed by atoms with E-state index in [1.807, 2.05) is 6.07 Å². The molecule has 1 unspecified atom stereocenters. The van der Waals surface area contributed by atoms with E-state index in [9.17, 15) is 4.79 Å². The number of carbonyl (C=O) groups is 1. The van der Waals surface area contributed by atoms with Crippen LogP contribution < -0.4 is 16.0 Å². The molecule has 1 aliphatic heterocycles. The number of halogens is 1. The highest BCUT2D eigenvalue weighted by Crippen LogP contribution is 2.30. The van der Waals surface area contributed by atoms with Gasteiger partial charge in [-0.3, -0.25) is 4.79 Å². The Balaban J connectivity index is 2.18. The van der Waals surface area contributed by atoms with Crippen LogP contribution in [-0.2, 0) is 4.79 Å². The molecule has 1 aliphatic rings. The first kappa shape index (κ1) is 13.0. The highest BCUT2D eigenvalue weighted by atomic mass is 35.5. The third-order valence-electron chi connectivity index (χ3n) is 3.37. The summed E-state index contributed by atoms with van der Waals surface area (Å²) in [5, 5.41) is 3.38. The van der Waals surface area contributed by atoms with E-state index in [-0.39, 0.29) is 11.8 Å². The summed E-state index contributed by atoms with van der Waals surface area (Å²) in [6.45, 7) is 1.61. The Labute approximate surface area is 112 Å². The van der Waals surface area contributed by atoms with Crippen LogP contribution in [0.2, 0.25) is 5.02 Å². The molecule has 0 saturated carbocycles. The molecule has 1 amide bonds. The second kappa shape index (κ2) is 5.48. The Bertz CT molecular complexity index is 450. The summed E-state index contributed by atoms with van der Waals surface area (Å²) < 4.78 is 0. The van der Waals surface area contributed by atoms with Gasteiger partial charge in [-0.15, -0.1) is 0 Å². The molecule has 1 fully saturated rings. The SMILES string of the molecule is CNC(=O)C1CCCN(c2cc(Cl)ccc2N)C1. The van der Waals surface area contributed by atoms with Gasteiger partial charge in [0.1, 0.15) is 0 Å². The predicted molar refractivity (Wildman–Crippen MR) is 74.9 cm³/mol. The molecule has 98 valence electrons. The van der Waals surface area contributed by atoms with Crippen molar-refractivity contribution in [3.8, 4) is 0 Å². The number of nitrogen functional groups attached to an aromatic ring is 1. The fourth-order valence-electron chi connectivity index (χ4n) is 2.40. The molecule has 0 aromatic heterocycles. The number of nitrogens with one attached hydrogen (secondary N) is 1. The lowest BCUT2D eigenvalue weighted by Gasteiger charge is -2.34. The second-order valence-electron chi connectivity index (χ2n) is 4.60. The van der Waals surface area contributed by atoms with E-state index in [1.54, 1.807) is 19.2 Å². The van der Waals surface area contributed by atoms with Gasteiger partial charge in [0.15, 0.2) is 0 Å². The molecule has 0 bridgehead atoms. The Morgan fingerprint density at radius 2 is 2.33 bits per heavy atom. The lowest BCUT2D eigenvalue weighted by Crippen LogP contribution is -2.42. The molecule has 1 aromatic carbocycles. The smallest absolute Gasteiger partial charge is 0.224 e. The summed E-state index contributed by atoms with van der Waals surface area (Å²) in [5.41, 5.74) is 7.61. The number of anilines is 2. The van der Waals surface area contributed by atoms with E-state index in [0.29, 0.717) is 17.3 Å². The van der Waals surface area contributed by atoms with E-state index in [1.165, 1.54) is 0 Å². The quantitative estimate of drug-likeness (QED) is 0.805. The lowest BCUT2D eigenvalue weighted by molar-refractivity contribution is -0.124. The molecule has 0 spiro atoms. The number of nitrogens with two attached hydrogens (primary N) is 1. The average Bonchev–Trinajstić information content (AvgIpc) is 2.40. The van der Waals surface area contributed by atoms with Crippen molar-refractivity contribution >= 4 is 28.9 Å². The number of amides is 1. The lowest BCUT2D eigenvalue weighted by atomic mass is 9.96. The fourth-order valence-corrected chi connectivity index (χ4v) is 2.57. The standard InChI is InChI=1S/C13H18ClN3O/c1-16-13(18)9-3-2-6-17(8-9)12-7-10(14)4-5-11(12)15/h4-5,7,9H,2-3,6,8,15H2,1H3,(H,16,18).